The molecule has 2 aromatic carbocycles. The Morgan fingerprint density at radius 3 is 2.36 bits per heavy atom. The summed E-state index contributed by atoms with van der Waals surface area (Å²) in [5.74, 6) is -0.0617. The first-order valence-electron chi connectivity index (χ1n) is 9.72. The largest absolute Gasteiger partial charge is 0.339 e. The van der Waals surface area contributed by atoms with Crippen molar-refractivity contribution in [3.63, 3.8) is 0 Å². The monoisotopic (exact) mass is 399 g/mol. The van der Waals surface area contributed by atoms with Crippen molar-refractivity contribution in [2.75, 3.05) is 32.7 Å². The van der Waals surface area contributed by atoms with Crippen LogP contribution in [0.3, 0.4) is 0 Å². The van der Waals surface area contributed by atoms with Gasteiger partial charge in [-0.3, -0.25) is 9.59 Å². The van der Waals surface area contributed by atoms with Crippen molar-refractivity contribution in [1.82, 2.24) is 15.1 Å². The summed E-state index contributed by atoms with van der Waals surface area (Å²) in [5, 5.41) is 4.00. The predicted octanol–water partition coefficient (Wildman–Crippen LogP) is 3.61. The van der Waals surface area contributed by atoms with Gasteiger partial charge in [0.2, 0.25) is 0 Å². The Morgan fingerprint density at radius 1 is 1.07 bits per heavy atom. The molecule has 0 saturated carbocycles. The van der Waals surface area contributed by atoms with Crippen LogP contribution in [-0.4, -0.2) is 54.3 Å². The molecule has 1 unspecified atom stereocenters. The lowest BCUT2D eigenvalue weighted by Crippen LogP contribution is -2.48. The Bertz CT molecular complexity index is 834. The van der Waals surface area contributed by atoms with Gasteiger partial charge >= 0.3 is 0 Å². The fourth-order valence-electron chi connectivity index (χ4n) is 3.59. The summed E-state index contributed by atoms with van der Waals surface area (Å²) in [4.78, 5) is 29.3. The summed E-state index contributed by atoms with van der Waals surface area (Å²) in [7, 11) is 0. The smallest absolute Gasteiger partial charge is 0.254 e. The fourth-order valence-corrected chi connectivity index (χ4v) is 3.85. The maximum atomic E-state index is 13.2. The Morgan fingerprint density at radius 2 is 1.71 bits per heavy atom. The standard InChI is InChI=1S/C22H26ClN3O2/c1-3-25(4-2)21(27)16-9-11-17(12-10-16)22(28)26-14-13-24-15-20(26)18-7-5-6-8-19(18)23/h5-12,20,24H,3-4,13-15H2,1-2H3. The summed E-state index contributed by atoms with van der Waals surface area (Å²) in [6, 6.07) is 14.5. The van der Waals surface area contributed by atoms with Gasteiger partial charge in [-0.2, -0.15) is 0 Å². The Balaban J connectivity index is 1.82. The van der Waals surface area contributed by atoms with E-state index in [1.54, 1.807) is 29.2 Å². The van der Waals surface area contributed by atoms with Crippen molar-refractivity contribution in [1.29, 1.82) is 0 Å². The zero-order valence-electron chi connectivity index (χ0n) is 16.3. The lowest BCUT2D eigenvalue weighted by molar-refractivity contribution is 0.0633. The van der Waals surface area contributed by atoms with Crippen LogP contribution in [0.25, 0.3) is 0 Å². The molecule has 1 aliphatic rings. The highest BCUT2D eigenvalue weighted by Crippen LogP contribution is 2.29. The number of hydrogen-bond acceptors (Lipinski definition) is 3. The number of carbonyl (C=O) groups excluding carboxylic acids is 2. The minimum atomic E-state index is -0.119. The van der Waals surface area contributed by atoms with Crippen LogP contribution in [0.1, 0.15) is 46.2 Å². The van der Waals surface area contributed by atoms with Crippen molar-refractivity contribution in [2.24, 2.45) is 0 Å². The van der Waals surface area contributed by atoms with E-state index in [1.807, 2.05) is 43.0 Å². The van der Waals surface area contributed by atoms with Crippen LogP contribution in [0.4, 0.5) is 0 Å². The summed E-state index contributed by atoms with van der Waals surface area (Å²) in [6.07, 6.45) is 0. The summed E-state index contributed by atoms with van der Waals surface area (Å²) in [6.45, 7) is 7.25. The van der Waals surface area contributed by atoms with Crippen molar-refractivity contribution < 1.29 is 9.59 Å². The second kappa shape index (κ2) is 9.22. The van der Waals surface area contributed by atoms with E-state index < -0.39 is 0 Å². The average molecular weight is 400 g/mol. The molecule has 0 bridgehead atoms. The second-order valence-electron chi connectivity index (χ2n) is 6.79. The van der Waals surface area contributed by atoms with Crippen molar-refractivity contribution in [3.05, 3.63) is 70.2 Å². The van der Waals surface area contributed by atoms with Gasteiger partial charge in [-0.15, -0.1) is 0 Å². The zero-order valence-corrected chi connectivity index (χ0v) is 17.1. The minimum Gasteiger partial charge on any atom is -0.339 e. The Kier molecular flexibility index (Phi) is 6.70. The molecule has 0 radical (unpaired) electrons. The van der Waals surface area contributed by atoms with E-state index in [9.17, 15) is 9.59 Å². The van der Waals surface area contributed by atoms with Crippen LogP contribution < -0.4 is 5.32 Å². The molecule has 1 atom stereocenters. The lowest BCUT2D eigenvalue weighted by Gasteiger charge is -2.37. The Hall–Kier alpha value is -2.37. The molecule has 0 spiro atoms. The predicted molar refractivity (Wildman–Crippen MR) is 112 cm³/mol. The Labute approximate surface area is 171 Å². The molecule has 2 aromatic rings. The third-order valence-electron chi connectivity index (χ3n) is 5.20. The van der Waals surface area contributed by atoms with Crippen molar-refractivity contribution in [3.8, 4) is 0 Å². The number of hydrogen-bond donors (Lipinski definition) is 1. The van der Waals surface area contributed by atoms with E-state index >= 15 is 0 Å². The summed E-state index contributed by atoms with van der Waals surface area (Å²) in [5.41, 5.74) is 2.12. The quantitative estimate of drug-likeness (QED) is 0.835. The molecule has 1 aliphatic heterocycles. The summed E-state index contributed by atoms with van der Waals surface area (Å²) >= 11 is 6.38. The second-order valence-corrected chi connectivity index (χ2v) is 7.20. The van der Waals surface area contributed by atoms with Crippen LogP contribution in [0.15, 0.2) is 48.5 Å². The number of nitrogens with one attached hydrogen (secondary N) is 1. The molecule has 6 heteroatoms. The maximum Gasteiger partial charge on any atom is 0.254 e. The molecule has 0 aliphatic carbocycles. The molecule has 3 rings (SSSR count). The van der Waals surface area contributed by atoms with Crippen molar-refractivity contribution in [2.45, 2.75) is 19.9 Å². The van der Waals surface area contributed by atoms with Gasteiger partial charge in [0.05, 0.1) is 6.04 Å². The van der Waals surface area contributed by atoms with Crippen LogP contribution in [0.5, 0.6) is 0 Å². The summed E-state index contributed by atoms with van der Waals surface area (Å²) < 4.78 is 0. The first-order chi connectivity index (χ1) is 13.6. The van der Waals surface area contributed by atoms with Gasteiger partial charge in [0.1, 0.15) is 0 Å². The molecule has 0 aromatic heterocycles. The van der Waals surface area contributed by atoms with Gasteiger partial charge in [-0.05, 0) is 49.7 Å². The molecular weight excluding hydrogens is 374 g/mol. The molecule has 1 fully saturated rings. The highest BCUT2D eigenvalue weighted by Gasteiger charge is 2.30. The first kappa shape index (κ1) is 20.4. The maximum absolute atomic E-state index is 13.2. The number of amides is 2. The highest BCUT2D eigenvalue weighted by atomic mass is 35.5. The highest BCUT2D eigenvalue weighted by molar-refractivity contribution is 6.31. The molecule has 2 amide bonds. The number of benzene rings is 2. The van der Waals surface area contributed by atoms with E-state index in [4.69, 9.17) is 11.6 Å². The van der Waals surface area contributed by atoms with E-state index in [-0.39, 0.29) is 17.9 Å². The van der Waals surface area contributed by atoms with Gasteiger partial charge in [0, 0.05) is 48.9 Å². The van der Waals surface area contributed by atoms with Crippen LogP contribution in [0, 0.1) is 0 Å². The van der Waals surface area contributed by atoms with Gasteiger partial charge in [-0.25, -0.2) is 0 Å². The van der Waals surface area contributed by atoms with Crippen LogP contribution in [-0.2, 0) is 0 Å². The van der Waals surface area contributed by atoms with Crippen molar-refractivity contribution >= 4 is 23.4 Å². The van der Waals surface area contributed by atoms with Crippen LogP contribution in [0.2, 0.25) is 5.02 Å². The fraction of sp³-hybridized carbons (Fsp3) is 0.364. The van der Waals surface area contributed by atoms with Gasteiger partial charge in [-0.1, -0.05) is 29.8 Å². The normalized spacial score (nSPS) is 16.7. The molecule has 1 saturated heterocycles. The molecule has 1 N–H and O–H groups in total. The minimum absolute atomic E-state index is 0.0138. The molecular formula is C22H26ClN3O2. The van der Waals surface area contributed by atoms with Gasteiger partial charge in [0.15, 0.2) is 0 Å². The van der Waals surface area contributed by atoms with E-state index in [0.29, 0.717) is 42.3 Å². The first-order valence-corrected chi connectivity index (χ1v) is 10.1. The van der Waals surface area contributed by atoms with Gasteiger partial charge in [0.25, 0.3) is 11.8 Å². The lowest BCUT2D eigenvalue weighted by atomic mass is 10.0. The topological polar surface area (TPSA) is 52.7 Å². The third kappa shape index (κ3) is 4.21. The SMILES string of the molecule is CCN(CC)C(=O)c1ccc(C(=O)N2CCNCC2c2ccccc2Cl)cc1. The molecule has 148 valence electrons. The number of piperazine rings is 1. The molecule has 5 nitrogen and oxygen atoms in total. The van der Waals surface area contributed by atoms with E-state index in [2.05, 4.69) is 5.32 Å². The van der Waals surface area contributed by atoms with Crippen LogP contribution >= 0.6 is 11.6 Å². The van der Waals surface area contributed by atoms with Gasteiger partial charge < -0.3 is 15.1 Å². The average Bonchev–Trinajstić information content (AvgIpc) is 2.74. The number of carbonyl (C=O) groups is 2. The number of rotatable bonds is 5. The zero-order chi connectivity index (χ0) is 20.1. The molecule has 1 heterocycles. The third-order valence-corrected chi connectivity index (χ3v) is 5.54. The number of nitrogens with zero attached hydrogens (tertiary/aromatic N) is 2. The molecule has 28 heavy (non-hydrogen) atoms. The number of halogens is 1. The van der Waals surface area contributed by atoms with E-state index in [0.717, 1.165) is 12.1 Å². The van der Waals surface area contributed by atoms with E-state index in [1.165, 1.54) is 0 Å².